The lowest BCUT2D eigenvalue weighted by molar-refractivity contribution is -0.384. The number of benzene rings is 3. The first-order chi connectivity index (χ1) is 10.6. The van der Waals surface area contributed by atoms with E-state index >= 15 is 0 Å². The summed E-state index contributed by atoms with van der Waals surface area (Å²) in [4.78, 5) is 10.2. The van der Waals surface area contributed by atoms with Crippen LogP contribution in [0.3, 0.4) is 0 Å². The highest BCUT2D eigenvalue weighted by Crippen LogP contribution is 2.39. The molecule has 0 unspecified atom stereocenters. The molecule has 0 amide bonds. The second kappa shape index (κ2) is 5.83. The van der Waals surface area contributed by atoms with Crippen molar-refractivity contribution in [3.05, 3.63) is 74.8 Å². The van der Waals surface area contributed by atoms with Gasteiger partial charge in [0, 0.05) is 17.5 Å². The summed E-state index contributed by atoms with van der Waals surface area (Å²) in [6.45, 7) is 0. The maximum Gasteiger partial charge on any atom is 0.271 e. The molecule has 0 saturated heterocycles. The number of halogens is 2. The lowest BCUT2D eigenvalue weighted by atomic mass is 10.1. The second-order valence-electron chi connectivity index (χ2n) is 4.57. The summed E-state index contributed by atoms with van der Waals surface area (Å²) in [7, 11) is 0. The molecule has 22 heavy (non-hydrogen) atoms. The SMILES string of the molecule is O=[N+]([O-])c1ccc(Oc2c(Cl)ccc3ccccc23)c(Cl)c1. The second-order valence-corrected chi connectivity index (χ2v) is 5.39. The van der Waals surface area contributed by atoms with Gasteiger partial charge in [0.25, 0.3) is 5.69 Å². The predicted octanol–water partition coefficient (Wildman–Crippen LogP) is 5.85. The van der Waals surface area contributed by atoms with Crippen molar-refractivity contribution in [3.8, 4) is 11.5 Å². The van der Waals surface area contributed by atoms with Gasteiger partial charge >= 0.3 is 0 Å². The van der Waals surface area contributed by atoms with Gasteiger partial charge in [-0.05, 0) is 17.5 Å². The Hall–Kier alpha value is -2.30. The van der Waals surface area contributed by atoms with Crippen molar-refractivity contribution in [1.82, 2.24) is 0 Å². The van der Waals surface area contributed by atoms with Crippen molar-refractivity contribution >= 4 is 39.7 Å². The lowest BCUT2D eigenvalue weighted by Gasteiger charge is -2.12. The summed E-state index contributed by atoms with van der Waals surface area (Å²) in [6, 6.07) is 15.3. The van der Waals surface area contributed by atoms with Crippen LogP contribution in [0.4, 0.5) is 5.69 Å². The number of hydrogen-bond donors (Lipinski definition) is 0. The molecule has 3 aromatic carbocycles. The van der Waals surface area contributed by atoms with E-state index in [0.29, 0.717) is 16.5 Å². The van der Waals surface area contributed by atoms with Crippen LogP contribution in [0.2, 0.25) is 10.0 Å². The van der Waals surface area contributed by atoms with E-state index in [1.165, 1.54) is 18.2 Å². The van der Waals surface area contributed by atoms with Gasteiger partial charge in [-0.2, -0.15) is 0 Å². The fourth-order valence-electron chi connectivity index (χ4n) is 2.12. The fraction of sp³-hybridized carbons (Fsp3) is 0. The van der Waals surface area contributed by atoms with Gasteiger partial charge in [0.05, 0.1) is 15.0 Å². The molecule has 0 radical (unpaired) electrons. The Balaban J connectivity index is 2.07. The third-order valence-corrected chi connectivity index (χ3v) is 3.76. The molecule has 4 nitrogen and oxygen atoms in total. The van der Waals surface area contributed by atoms with E-state index in [4.69, 9.17) is 27.9 Å². The summed E-state index contributed by atoms with van der Waals surface area (Å²) < 4.78 is 5.80. The molecule has 6 heteroatoms. The molecule has 0 aliphatic heterocycles. The molecule has 3 aromatic rings. The van der Waals surface area contributed by atoms with E-state index in [1.54, 1.807) is 6.07 Å². The van der Waals surface area contributed by atoms with Crippen molar-refractivity contribution in [2.45, 2.75) is 0 Å². The molecule has 0 bridgehead atoms. The first-order valence-corrected chi connectivity index (χ1v) is 7.11. The number of fused-ring (bicyclic) bond motifs is 1. The van der Waals surface area contributed by atoms with Crippen LogP contribution in [0.15, 0.2) is 54.6 Å². The Morgan fingerprint density at radius 2 is 1.73 bits per heavy atom. The van der Waals surface area contributed by atoms with Crippen molar-refractivity contribution in [2.24, 2.45) is 0 Å². The van der Waals surface area contributed by atoms with Gasteiger partial charge < -0.3 is 4.74 Å². The van der Waals surface area contributed by atoms with E-state index in [2.05, 4.69) is 0 Å². The highest BCUT2D eigenvalue weighted by Gasteiger charge is 2.14. The van der Waals surface area contributed by atoms with Crippen LogP contribution < -0.4 is 4.74 Å². The van der Waals surface area contributed by atoms with E-state index in [1.807, 2.05) is 30.3 Å². The first-order valence-electron chi connectivity index (χ1n) is 6.35. The number of non-ortho nitro benzene ring substituents is 1. The minimum absolute atomic E-state index is 0.0960. The zero-order chi connectivity index (χ0) is 15.7. The predicted molar refractivity (Wildman–Crippen MR) is 87.1 cm³/mol. The topological polar surface area (TPSA) is 52.4 Å². The van der Waals surface area contributed by atoms with Gasteiger partial charge in [-0.3, -0.25) is 10.1 Å². The largest absolute Gasteiger partial charge is 0.454 e. The molecule has 0 atom stereocenters. The molecular formula is C16H9Cl2NO3. The molecule has 110 valence electrons. The van der Waals surface area contributed by atoms with Crippen molar-refractivity contribution in [1.29, 1.82) is 0 Å². The molecule has 0 aromatic heterocycles. The molecular weight excluding hydrogens is 325 g/mol. The van der Waals surface area contributed by atoms with Crippen molar-refractivity contribution < 1.29 is 9.66 Å². The number of nitro benzene ring substituents is 1. The number of ether oxygens (including phenoxy) is 1. The van der Waals surface area contributed by atoms with E-state index in [-0.39, 0.29) is 10.7 Å². The quantitative estimate of drug-likeness (QED) is 0.446. The van der Waals surface area contributed by atoms with Gasteiger partial charge in [-0.15, -0.1) is 0 Å². The molecule has 0 spiro atoms. The van der Waals surface area contributed by atoms with Crippen LogP contribution in [0, 0.1) is 10.1 Å². The Morgan fingerprint density at radius 1 is 0.955 bits per heavy atom. The zero-order valence-electron chi connectivity index (χ0n) is 11.1. The number of nitro groups is 1. The van der Waals surface area contributed by atoms with Crippen molar-refractivity contribution in [3.63, 3.8) is 0 Å². The molecule has 3 rings (SSSR count). The Kier molecular flexibility index (Phi) is 3.88. The highest BCUT2D eigenvalue weighted by atomic mass is 35.5. The summed E-state index contributed by atoms with van der Waals surface area (Å²) in [5.41, 5.74) is -0.0960. The van der Waals surface area contributed by atoms with Crippen LogP contribution in [-0.2, 0) is 0 Å². The third kappa shape index (κ3) is 2.71. The first kappa shape index (κ1) is 14.6. The average molecular weight is 334 g/mol. The Morgan fingerprint density at radius 3 is 2.45 bits per heavy atom. The summed E-state index contributed by atoms with van der Waals surface area (Å²) in [6.07, 6.45) is 0. The molecule has 0 aliphatic carbocycles. The fourth-order valence-corrected chi connectivity index (χ4v) is 2.53. The summed E-state index contributed by atoms with van der Waals surface area (Å²) in [5, 5.41) is 13.1. The van der Waals surface area contributed by atoms with Gasteiger partial charge in [-0.25, -0.2) is 0 Å². The van der Waals surface area contributed by atoms with Crippen molar-refractivity contribution in [2.75, 3.05) is 0 Å². The van der Waals surface area contributed by atoms with Crippen LogP contribution in [0.1, 0.15) is 0 Å². The maximum atomic E-state index is 10.7. The molecule has 0 N–H and O–H groups in total. The number of rotatable bonds is 3. The van der Waals surface area contributed by atoms with Gasteiger partial charge in [0.15, 0.2) is 5.75 Å². The van der Waals surface area contributed by atoms with Crippen LogP contribution in [-0.4, -0.2) is 4.92 Å². The molecule has 0 fully saturated rings. The third-order valence-electron chi connectivity index (χ3n) is 3.17. The van der Waals surface area contributed by atoms with Gasteiger partial charge in [0.2, 0.25) is 0 Å². The smallest absolute Gasteiger partial charge is 0.271 e. The monoisotopic (exact) mass is 333 g/mol. The van der Waals surface area contributed by atoms with Crippen LogP contribution in [0.5, 0.6) is 11.5 Å². The number of hydrogen-bond acceptors (Lipinski definition) is 3. The van der Waals surface area contributed by atoms with Crippen LogP contribution >= 0.6 is 23.2 Å². The average Bonchev–Trinajstić information content (AvgIpc) is 2.51. The molecule has 0 saturated carbocycles. The highest BCUT2D eigenvalue weighted by molar-refractivity contribution is 6.33. The van der Waals surface area contributed by atoms with Crippen LogP contribution in [0.25, 0.3) is 10.8 Å². The minimum Gasteiger partial charge on any atom is -0.454 e. The normalized spacial score (nSPS) is 10.6. The maximum absolute atomic E-state index is 10.7. The van der Waals surface area contributed by atoms with Gasteiger partial charge in [-0.1, -0.05) is 53.5 Å². The molecule has 0 heterocycles. The molecule has 0 aliphatic rings. The summed E-state index contributed by atoms with van der Waals surface area (Å²) in [5.74, 6) is 0.779. The van der Waals surface area contributed by atoms with E-state index in [9.17, 15) is 10.1 Å². The number of nitrogens with zero attached hydrogens (tertiary/aromatic N) is 1. The summed E-state index contributed by atoms with van der Waals surface area (Å²) >= 11 is 12.3. The Bertz CT molecular complexity index is 880. The van der Waals surface area contributed by atoms with Gasteiger partial charge in [0.1, 0.15) is 5.75 Å². The van der Waals surface area contributed by atoms with E-state index < -0.39 is 4.92 Å². The Labute approximate surface area is 136 Å². The standard InChI is InChI=1S/C16H9Cl2NO3/c17-13-7-5-10-3-1-2-4-12(10)16(13)22-15-8-6-11(19(20)21)9-14(15)18/h1-9H. The lowest BCUT2D eigenvalue weighted by Crippen LogP contribution is -1.91. The zero-order valence-corrected chi connectivity index (χ0v) is 12.6. The minimum atomic E-state index is -0.513. The van der Waals surface area contributed by atoms with E-state index in [0.717, 1.165) is 10.8 Å².